The number of carboxylic acids is 1. The van der Waals surface area contributed by atoms with E-state index in [4.69, 9.17) is 5.11 Å². The Labute approximate surface area is 135 Å². The van der Waals surface area contributed by atoms with Gasteiger partial charge in [-0.05, 0) is 25.0 Å². The van der Waals surface area contributed by atoms with Gasteiger partial charge in [-0.15, -0.1) is 0 Å². The van der Waals surface area contributed by atoms with Crippen LogP contribution in [0.1, 0.15) is 31.2 Å². The number of nitrogens with zero attached hydrogens (tertiary/aromatic N) is 1. The Bertz CT molecular complexity index is 521. The molecule has 9 heteroatoms. The Morgan fingerprint density at radius 2 is 1.96 bits per heavy atom. The number of nitrogens with one attached hydrogen (secondary N) is 1. The molecule has 5 nitrogen and oxygen atoms in total. The third-order valence-electron chi connectivity index (χ3n) is 2.80. The van der Waals surface area contributed by atoms with E-state index < -0.39 is 17.7 Å². The van der Waals surface area contributed by atoms with Gasteiger partial charge in [0.05, 0.1) is 16.3 Å². The summed E-state index contributed by atoms with van der Waals surface area (Å²) in [5, 5.41) is 11.5. The van der Waals surface area contributed by atoms with Crippen molar-refractivity contribution in [3.8, 4) is 0 Å². The van der Waals surface area contributed by atoms with Crippen LogP contribution in [0.15, 0.2) is 23.4 Å². The maximum Gasteiger partial charge on any atom is 0.417 e. The van der Waals surface area contributed by atoms with E-state index in [0.29, 0.717) is 30.8 Å². The Kier molecular flexibility index (Phi) is 7.87. The number of unbranched alkanes of at least 4 members (excludes halogenated alkanes) is 2. The lowest BCUT2D eigenvalue weighted by Crippen LogP contribution is -2.26. The van der Waals surface area contributed by atoms with Crippen LogP contribution in [0, 0.1) is 0 Å². The average molecular weight is 350 g/mol. The van der Waals surface area contributed by atoms with Gasteiger partial charge < -0.3 is 10.4 Å². The number of carbonyl (C=O) groups is 2. The number of halogens is 3. The number of thioether (sulfide) groups is 1. The molecule has 0 bridgehead atoms. The predicted molar refractivity (Wildman–Crippen MR) is 79.1 cm³/mol. The molecule has 128 valence electrons. The molecule has 2 N–H and O–H groups in total. The average Bonchev–Trinajstić information content (AvgIpc) is 2.48. The summed E-state index contributed by atoms with van der Waals surface area (Å²) in [7, 11) is 0. The van der Waals surface area contributed by atoms with Crippen molar-refractivity contribution in [2.45, 2.75) is 36.9 Å². The molecule has 1 heterocycles. The van der Waals surface area contributed by atoms with E-state index in [0.717, 1.165) is 24.0 Å². The minimum Gasteiger partial charge on any atom is -0.481 e. The second-order valence-electron chi connectivity index (χ2n) is 4.73. The van der Waals surface area contributed by atoms with Gasteiger partial charge in [-0.25, -0.2) is 4.98 Å². The second-order valence-corrected chi connectivity index (χ2v) is 5.72. The molecule has 0 aliphatic carbocycles. The smallest absolute Gasteiger partial charge is 0.417 e. The molecule has 1 rings (SSSR count). The van der Waals surface area contributed by atoms with Gasteiger partial charge in [-0.2, -0.15) is 13.2 Å². The van der Waals surface area contributed by atoms with E-state index in [-0.39, 0.29) is 18.1 Å². The van der Waals surface area contributed by atoms with Crippen LogP contribution in [0.3, 0.4) is 0 Å². The summed E-state index contributed by atoms with van der Waals surface area (Å²) in [6.07, 6.45) is -1.61. The lowest BCUT2D eigenvalue weighted by Gasteiger charge is -2.07. The lowest BCUT2D eigenvalue weighted by atomic mass is 10.2. The lowest BCUT2D eigenvalue weighted by molar-refractivity contribution is -0.138. The minimum atomic E-state index is -4.42. The summed E-state index contributed by atoms with van der Waals surface area (Å²) in [5.41, 5.74) is -0.826. The van der Waals surface area contributed by atoms with Crippen LogP contribution in [0.4, 0.5) is 13.2 Å². The van der Waals surface area contributed by atoms with Crippen molar-refractivity contribution < 1.29 is 27.9 Å². The SMILES string of the molecule is O=C(O)CCCCCNC(=O)CSc1ccc(C(F)(F)F)cn1. The molecule has 0 aliphatic heterocycles. The summed E-state index contributed by atoms with van der Waals surface area (Å²) >= 11 is 1.05. The Morgan fingerprint density at radius 1 is 1.22 bits per heavy atom. The Hall–Kier alpha value is -1.77. The molecule has 0 unspecified atom stereocenters. The Morgan fingerprint density at radius 3 is 2.52 bits per heavy atom. The van der Waals surface area contributed by atoms with Crippen LogP contribution in [0.2, 0.25) is 0 Å². The first-order valence-corrected chi connectivity index (χ1v) is 7.92. The highest BCUT2D eigenvalue weighted by molar-refractivity contribution is 7.99. The van der Waals surface area contributed by atoms with Crippen molar-refractivity contribution in [3.05, 3.63) is 23.9 Å². The second kappa shape index (κ2) is 9.39. The molecule has 0 aliphatic rings. The summed E-state index contributed by atoms with van der Waals surface area (Å²) < 4.78 is 37.1. The third-order valence-corrected chi connectivity index (χ3v) is 3.75. The number of aromatic nitrogens is 1. The van der Waals surface area contributed by atoms with Crippen LogP contribution in [-0.4, -0.2) is 34.3 Å². The largest absolute Gasteiger partial charge is 0.481 e. The summed E-state index contributed by atoms with van der Waals surface area (Å²) in [5.74, 6) is -1.02. The van der Waals surface area contributed by atoms with Gasteiger partial charge in [-0.1, -0.05) is 18.2 Å². The van der Waals surface area contributed by atoms with Crippen LogP contribution < -0.4 is 5.32 Å². The van der Waals surface area contributed by atoms with E-state index >= 15 is 0 Å². The van der Waals surface area contributed by atoms with Gasteiger partial charge in [0.1, 0.15) is 0 Å². The molecule has 1 amide bonds. The number of hydrogen-bond acceptors (Lipinski definition) is 4. The monoisotopic (exact) mass is 350 g/mol. The third kappa shape index (κ3) is 8.44. The Balaban J connectivity index is 2.19. The summed E-state index contributed by atoms with van der Waals surface area (Å²) in [6, 6.07) is 2.16. The van der Waals surface area contributed by atoms with Crippen LogP contribution >= 0.6 is 11.8 Å². The molecule has 0 saturated heterocycles. The van der Waals surface area contributed by atoms with E-state index in [1.54, 1.807) is 0 Å². The van der Waals surface area contributed by atoms with E-state index in [2.05, 4.69) is 10.3 Å². The van der Waals surface area contributed by atoms with Crippen molar-refractivity contribution in [2.24, 2.45) is 0 Å². The van der Waals surface area contributed by atoms with Crippen molar-refractivity contribution in [1.82, 2.24) is 10.3 Å². The summed E-state index contributed by atoms with van der Waals surface area (Å²) in [6.45, 7) is 0.444. The van der Waals surface area contributed by atoms with E-state index in [1.807, 2.05) is 0 Å². The van der Waals surface area contributed by atoms with Gasteiger partial charge in [0, 0.05) is 19.2 Å². The summed E-state index contributed by atoms with van der Waals surface area (Å²) in [4.78, 5) is 25.5. The van der Waals surface area contributed by atoms with Crippen LogP contribution in [0.25, 0.3) is 0 Å². The zero-order valence-corrected chi connectivity index (χ0v) is 13.0. The van der Waals surface area contributed by atoms with Gasteiger partial charge >= 0.3 is 12.1 Å². The number of rotatable bonds is 9. The highest BCUT2D eigenvalue weighted by Crippen LogP contribution is 2.29. The van der Waals surface area contributed by atoms with Crippen molar-refractivity contribution in [1.29, 1.82) is 0 Å². The normalized spacial score (nSPS) is 11.3. The number of carboxylic acid groups (broad SMARTS) is 1. The molecule has 0 aromatic carbocycles. The van der Waals surface area contributed by atoms with Crippen LogP contribution in [-0.2, 0) is 15.8 Å². The maximum absolute atomic E-state index is 12.4. The number of pyridine rings is 1. The minimum absolute atomic E-state index is 0.0630. The fourth-order valence-electron chi connectivity index (χ4n) is 1.63. The fourth-order valence-corrected chi connectivity index (χ4v) is 2.30. The van der Waals surface area contributed by atoms with Crippen molar-refractivity contribution in [3.63, 3.8) is 0 Å². The molecule has 0 fully saturated rings. The highest BCUT2D eigenvalue weighted by atomic mass is 32.2. The quantitative estimate of drug-likeness (QED) is 0.529. The van der Waals surface area contributed by atoms with Gasteiger partial charge in [0.15, 0.2) is 0 Å². The van der Waals surface area contributed by atoms with Crippen molar-refractivity contribution in [2.75, 3.05) is 12.3 Å². The topological polar surface area (TPSA) is 79.3 Å². The van der Waals surface area contributed by atoms with Crippen molar-refractivity contribution >= 4 is 23.6 Å². The van der Waals surface area contributed by atoms with E-state index in [9.17, 15) is 22.8 Å². The van der Waals surface area contributed by atoms with Crippen LogP contribution in [0.5, 0.6) is 0 Å². The number of alkyl halides is 3. The first-order chi connectivity index (χ1) is 10.8. The molecule has 1 aromatic rings. The molecular formula is C14H17F3N2O3S. The zero-order valence-electron chi connectivity index (χ0n) is 12.2. The predicted octanol–water partition coefficient (Wildman–Crippen LogP) is 2.95. The molecule has 0 spiro atoms. The molecule has 0 saturated carbocycles. The number of hydrogen-bond donors (Lipinski definition) is 2. The molecule has 1 aromatic heterocycles. The van der Waals surface area contributed by atoms with Gasteiger partial charge in [-0.3, -0.25) is 9.59 Å². The molecule has 0 atom stereocenters. The highest BCUT2D eigenvalue weighted by Gasteiger charge is 2.30. The number of aliphatic carboxylic acids is 1. The molecule has 23 heavy (non-hydrogen) atoms. The standard InChI is InChI=1S/C14H17F3N2O3S/c15-14(16,17)10-5-6-12(19-8-10)23-9-11(20)18-7-3-1-2-4-13(21)22/h5-6,8H,1-4,7,9H2,(H,18,20)(H,21,22). The number of carbonyl (C=O) groups excluding carboxylic acids is 1. The number of amides is 1. The van der Waals surface area contributed by atoms with E-state index in [1.165, 1.54) is 6.07 Å². The van der Waals surface area contributed by atoms with Gasteiger partial charge in [0.25, 0.3) is 0 Å². The maximum atomic E-state index is 12.4. The first kappa shape index (κ1) is 19.3. The zero-order chi connectivity index (χ0) is 17.3. The molecule has 0 radical (unpaired) electrons. The fraction of sp³-hybridized carbons (Fsp3) is 0.500. The van der Waals surface area contributed by atoms with Gasteiger partial charge in [0.2, 0.25) is 5.91 Å². The first-order valence-electron chi connectivity index (χ1n) is 6.93. The molecular weight excluding hydrogens is 333 g/mol.